The predicted octanol–water partition coefficient (Wildman–Crippen LogP) is 3.17. The lowest BCUT2D eigenvalue weighted by Crippen LogP contribution is -2.15. The summed E-state index contributed by atoms with van der Waals surface area (Å²) < 4.78 is 6.67. The molecule has 0 saturated heterocycles. The number of para-hydroxylation sites is 2. The molecule has 1 aliphatic rings. The van der Waals surface area contributed by atoms with Crippen LogP contribution in [0.3, 0.4) is 0 Å². The molecule has 0 aromatic heterocycles. The molecular weight excluding hydrogens is 294 g/mol. The zero-order chi connectivity index (χ0) is 12.7. The first-order valence-corrected chi connectivity index (χ1v) is 6.15. The van der Waals surface area contributed by atoms with E-state index in [-0.39, 0.29) is 0 Å². The molecule has 5 heteroatoms. The Hall–Kier alpha value is -2.01. The van der Waals surface area contributed by atoms with Crippen molar-refractivity contribution >= 4 is 33.1 Å². The molecule has 90 valence electrons. The number of ether oxygens (including phenoxy) is 1. The summed E-state index contributed by atoms with van der Waals surface area (Å²) in [7, 11) is 0. The van der Waals surface area contributed by atoms with Crippen LogP contribution in [0.1, 0.15) is 5.56 Å². The second kappa shape index (κ2) is 4.03. The number of benzene rings is 2. The van der Waals surface area contributed by atoms with Gasteiger partial charge in [0.1, 0.15) is 17.3 Å². The summed E-state index contributed by atoms with van der Waals surface area (Å²) in [6, 6.07) is 11.1. The molecule has 0 atom stereocenters. The Morgan fingerprint density at radius 1 is 1.06 bits per heavy atom. The lowest BCUT2D eigenvalue weighted by Gasteiger charge is -2.10. The fraction of sp³-hybridized carbons (Fsp3) is 0. The minimum atomic E-state index is 0.361. The van der Waals surface area contributed by atoms with Crippen LogP contribution in [0.4, 0.5) is 11.4 Å². The average molecular weight is 304 g/mol. The minimum absolute atomic E-state index is 0.361. The first-order chi connectivity index (χ1) is 8.65. The standard InChI is InChI=1S/C13H10BrN3O/c14-7-5-8(15)12-11(6-7)18-10-4-2-1-3-9(10)17-13(12)16/h1-6H,15H2,(H2,16,17). The van der Waals surface area contributed by atoms with Crippen LogP contribution in [-0.4, -0.2) is 5.84 Å². The van der Waals surface area contributed by atoms with Gasteiger partial charge in [-0.25, -0.2) is 4.99 Å². The summed E-state index contributed by atoms with van der Waals surface area (Å²) in [5, 5.41) is 0. The van der Waals surface area contributed by atoms with E-state index >= 15 is 0 Å². The quantitative estimate of drug-likeness (QED) is 0.734. The molecule has 0 spiro atoms. The molecule has 1 aliphatic heterocycles. The van der Waals surface area contributed by atoms with E-state index in [0.717, 1.165) is 4.47 Å². The molecule has 2 aromatic rings. The maximum absolute atomic E-state index is 5.99. The largest absolute Gasteiger partial charge is 0.454 e. The van der Waals surface area contributed by atoms with Gasteiger partial charge in [0, 0.05) is 10.2 Å². The number of hydrogen-bond donors (Lipinski definition) is 2. The van der Waals surface area contributed by atoms with Crippen molar-refractivity contribution in [1.29, 1.82) is 0 Å². The van der Waals surface area contributed by atoms with Gasteiger partial charge in [0.05, 0.1) is 5.56 Å². The van der Waals surface area contributed by atoms with E-state index in [1.54, 1.807) is 6.07 Å². The SMILES string of the molecule is NC1=Nc2ccccc2Oc2cc(Br)cc(N)c21. The zero-order valence-electron chi connectivity index (χ0n) is 9.35. The predicted molar refractivity (Wildman–Crippen MR) is 75.5 cm³/mol. The van der Waals surface area contributed by atoms with E-state index in [9.17, 15) is 0 Å². The molecule has 0 aliphatic carbocycles. The first-order valence-electron chi connectivity index (χ1n) is 5.35. The number of aliphatic imine (C=N–C) groups is 1. The van der Waals surface area contributed by atoms with Crippen LogP contribution >= 0.6 is 15.9 Å². The van der Waals surface area contributed by atoms with Crippen LogP contribution in [0.15, 0.2) is 45.9 Å². The Morgan fingerprint density at radius 3 is 2.67 bits per heavy atom. The number of nitrogens with zero attached hydrogens (tertiary/aromatic N) is 1. The molecule has 1 heterocycles. The van der Waals surface area contributed by atoms with Gasteiger partial charge in [-0.15, -0.1) is 0 Å². The summed E-state index contributed by atoms with van der Waals surface area (Å²) in [5.74, 6) is 1.63. The molecule has 0 amide bonds. The van der Waals surface area contributed by atoms with Gasteiger partial charge in [-0.1, -0.05) is 28.1 Å². The highest BCUT2D eigenvalue weighted by atomic mass is 79.9. The van der Waals surface area contributed by atoms with Crippen LogP contribution in [0.2, 0.25) is 0 Å². The third kappa shape index (κ3) is 1.73. The van der Waals surface area contributed by atoms with Crippen molar-refractivity contribution in [3.63, 3.8) is 0 Å². The molecule has 4 N–H and O–H groups in total. The Balaban J connectivity index is 2.29. The molecule has 0 fully saturated rings. The molecule has 18 heavy (non-hydrogen) atoms. The molecule has 0 saturated carbocycles. The van der Waals surface area contributed by atoms with Crippen LogP contribution in [0.5, 0.6) is 11.5 Å². The van der Waals surface area contributed by atoms with Crippen molar-refractivity contribution in [3.05, 3.63) is 46.4 Å². The van der Waals surface area contributed by atoms with Crippen molar-refractivity contribution in [2.75, 3.05) is 5.73 Å². The van der Waals surface area contributed by atoms with Gasteiger partial charge in [-0.2, -0.15) is 0 Å². The minimum Gasteiger partial charge on any atom is -0.454 e. The third-order valence-electron chi connectivity index (χ3n) is 2.68. The van der Waals surface area contributed by atoms with E-state index in [1.807, 2.05) is 30.3 Å². The average Bonchev–Trinajstić information content (AvgIpc) is 2.43. The van der Waals surface area contributed by atoms with E-state index in [2.05, 4.69) is 20.9 Å². The van der Waals surface area contributed by atoms with Crippen LogP contribution in [0, 0.1) is 0 Å². The zero-order valence-corrected chi connectivity index (χ0v) is 10.9. The summed E-state index contributed by atoms with van der Waals surface area (Å²) in [5.41, 5.74) is 13.8. The number of anilines is 1. The Bertz CT molecular complexity index is 667. The summed E-state index contributed by atoms with van der Waals surface area (Å²) in [4.78, 5) is 4.35. The van der Waals surface area contributed by atoms with Crippen LogP contribution < -0.4 is 16.2 Å². The maximum Gasteiger partial charge on any atom is 0.153 e. The van der Waals surface area contributed by atoms with Gasteiger partial charge in [0.25, 0.3) is 0 Å². The monoisotopic (exact) mass is 303 g/mol. The molecule has 4 nitrogen and oxygen atoms in total. The van der Waals surface area contributed by atoms with E-state index in [4.69, 9.17) is 16.2 Å². The number of hydrogen-bond acceptors (Lipinski definition) is 4. The third-order valence-corrected chi connectivity index (χ3v) is 3.14. The number of halogens is 1. The number of rotatable bonds is 0. The van der Waals surface area contributed by atoms with Crippen LogP contribution in [0.25, 0.3) is 0 Å². The van der Waals surface area contributed by atoms with E-state index < -0.39 is 0 Å². The second-order valence-corrected chi connectivity index (χ2v) is 4.85. The summed E-state index contributed by atoms with van der Waals surface area (Å²) in [6.07, 6.45) is 0. The van der Waals surface area contributed by atoms with Crippen molar-refractivity contribution in [1.82, 2.24) is 0 Å². The lowest BCUT2D eigenvalue weighted by atomic mass is 10.1. The summed E-state index contributed by atoms with van der Waals surface area (Å²) in [6.45, 7) is 0. The number of nitrogens with two attached hydrogens (primary N) is 2. The molecule has 0 bridgehead atoms. The molecule has 2 aromatic carbocycles. The fourth-order valence-corrected chi connectivity index (χ4v) is 2.35. The Labute approximate surface area is 112 Å². The number of amidine groups is 1. The Morgan fingerprint density at radius 2 is 1.83 bits per heavy atom. The normalized spacial score (nSPS) is 12.8. The molecule has 0 radical (unpaired) electrons. The van der Waals surface area contributed by atoms with Crippen LogP contribution in [-0.2, 0) is 0 Å². The number of fused-ring (bicyclic) bond motifs is 2. The van der Waals surface area contributed by atoms with Crippen molar-refractivity contribution in [2.24, 2.45) is 10.7 Å². The van der Waals surface area contributed by atoms with Gasteiger partial charge >= 0.3 is 0 Å². The van der Waals surface area contributed by atoms with Gasteiger partial charge < -0.3 is 16.2 Å². The lowest BCUT2D eigenvalue weighted by molar-refractivity contribution is 0.485. The van der Waals surface area contributed by atoms with Crippen molar-refractivity contribution in [2.45, 2.75) is 0 Å². The second-order valence-electron chi connectivity index (χ2n) is 3.93. The highest BCUT2D eigenvalue weighted by Gasteiger charge is 2.19. The van der Waals surface area contributed by atoms with Gasteiger partial charge in [-0.3, -0.25) is 0 Å². The fourth-order valence-electron chi connectivity index (χ4n) is 1.90. The smallest absolute Gasteiger partial charge is 0.153 e. The highest BCUT2D eigenvalue weighted by Crippen LogP contribution is 2.39. The van der Waals surface area contributed by atoms with E-state index in [1.165, 1.54) is 0 Å². The molecule has 3 rings (SSSR count). The highest BCUT2D eigenvalue weighted by molar-refractivity contribution is 9.10. The van der Waals surface area contributed by atoms with Gasteiger partial charge in [0.15, 0.2) is 5.75 Å². The van der Waals surface area contributed by atoms with E-state index in [0.29, 0.717) is 34.3 Å². The Kier molecular flexibility index (Phi) is 2.48. The van der Waals surface area contributed by atoms with Gasteiger partial charge in [0.2, 0.25) is 0 Å². The van der Waals surface area contributed by atoms with Crippen molar-refractivity contribution < 1.29 is 4.74 Å². The van der Waals surface area contributed by atoms with Crippen molar-refractivity contribution in [3.8, 4) is 11.5 Å². The summed E-state index contributed by atoms with van der Waals surface area (Å²) >= 11 is 3.39. The number of nitrogen functional groups attached to an aromatic ring is 1. The molecular formula is C13H10BrN3O. The maximum atomic E-state index is 5.99. The topological polar surface area (TPSA) is 73.6 Å². The first kappa shape index (κ1) is 11.1. The van der Waals surface area contributed by atoms with Gasteiger partial charge in [-0.05, 0) is 24.3 Å². The molecule has 0 unspecified atom stereocenters.